The number of aliphatic hydroxyl groups is 1. The zero-order valence-corrected chi connectivity index (χ0v) is 11.8. The Kier molecular flexibility index (Phi) is 3.75. The monoisotopic (exact) mass is 268 g/mol. The van der Waals surface area contributed by atoms with Gasteiger partial charge in [0, 0.05) is 12.0 Å². The molecule has 2 aromatic rings. The van der Waals surface area contributed by atoms with E-state index >= 15 is 0 Å². The topological polar surface area (TPSA) is 29.5 Å². The fourth-order valence-electron chi connectivity index (χ4n) is 2.88. The first-order valence-electron chi connectivity index (χ1n) is 7.23. The van der Waals surface area contributed by atoms with E-state index < -0.39 is 6.10 Å². The maximum atomic E-state index is 10.5. The second-order valence-corrected chi connectivity index (χ2v) is 5.50. The SMILES string of the molecule is CC(CC(O)c1cccc2c1OCC2)c1ccccc1. The predicted octanol–water partition coefficient (Wildman–Crippen LogP) is 3.85. The summed E-state index contributed by atoms with van der Waals surface area (Å²) in [5, 5.41) is 10.5. The first-order chi connectivity index (χ1) is 9.75. The molecular weight excluding hydrogens is 248 g/mol. The summed E-state index contributed by atoms with van der Waals surface area (Å²) in [6, 6.07) is 16.4. The Labute approximate surface area is 120 Å². The molecule has 0 radical (unpaired) electrons. The fourth-order valence-corrected chi connectivity index (χ4v) is 2.88. The largest absolute Gasteiger partial charge is 0.493 e. The highest BCUT2D eigenvalue weighted by Gasteiger charge is 2.22. The molecule has 0 amide bonds. The van der Waals surface area contributed by atoms with Crippen LogP contribution >= 0.6 is 0 Å². The van der Waals surface area contributed by atoms with Gasteiger partial charge in [-0.2, -0.15) is 0 Å². The van der Waals surface area contributed by atoms with E-state index in [1.54, 1.807) is 0 Å². The summed E-state index contributed by atoms with van der Waals surface area (Å²) < 4.78 is 5.68. The molecule has 20 heavy (non-hydrogen) atoms. The molecule has 1 heterocycles. The average Bonchev–Trinajstić information content (AvgIpc) is 2.96. The maximum absolute atomic E-state index is 10.5. The molecule has 0 bridgehead atoms. The second-order valence-electron chi connectivity index (χ2n) is 5.50. The normalized spacial score (nSPS) is 16.3. The van der Waals surface area contributed by atoms with Gasteiger partial charge in [0.15, 0.2) is 0 Å². The molecule has 2 unspecified atom stereocenters. The van der Waals surface area contributed by atoms with Crippen molar-refractivity contribution in [2.24, 2.45) is 0 Å². The third-order valence-electron chi connectivity index (χ3n) is 4.05. The van der Waals surface area contributed by atoms with Crippen molar-refractivity contribution in [1.29, 1.82) is 0 Å². The van der Waals surface area contributed by atoms with E-state index in [0.717, 1.165) is 24.3 Å². The Balaban J connectivity index is 1.77. The Bertz CT molecular complexity index is 577. The quantitative estimate of drug-likeness (QED) is 0.912. The summed E-state index contributed by atoms with van der Waals surface area (Å²) in [4.78, 5) is 0. The Hall–Kier alpha value is -1.80. The van der Waals surface area contributed by atoms with Crippen LogP contribution in [0.4, 0.5) is 0 Å². The van der Waals surface area contributed by atoms with Crippen LogP contribution in [0.15, 0.2) is 48.5 Å². The van der Waals surface area contributed by atoms with Crippen LogP contribution in [0.25, 0.3) is 0 Å². The fraction of sp³-hybridized carbons (Fsp3) is 0.333. The molecule has 2 heteroatoms. The summed E-state index contributed by atoms with van der Waals surface area (Å²) in [5.41, 5.74) is 3.41. The summed E-state index contributed by atoms with van der Waals surface area (Å²) in [7, 11) is 0. The van der Waals surface area contributed by atoms with Crippen molar-refractivity contribution in [2.75, 3.05) is 6.61 Å². The summed E-state index contributed by atoms with van der Waals surface area (Å²) in [6.07, 6.45) is 1.19. The molecule has 0 saturated carbocycles. The predicted molar refractivity (Wildman–Crippen MR) is 80.1 cm³/mol. The standard InChI is InChI=1S/C18H20O2/c1-13(14-6-3-2-4-7-14)12-17(19)16-9-5-8-15-10-11-20-18(15)16/h2-9,13,17,19H,10-12H2,1H3. The lowest BCUT2D eigenvalue weighted by molar-refractivity contribution is 0.155. The van der Waals surface area contributed by atoms with E-state index in [0.29, 0.717) is 12.3 Å². The van der Waals surface area contributed by atoms with Crippen LogP contribution in [0.1, 0.15) is 42.1 Å². The van der Waals surface area contributed by atoms with Crippen molar-refractivity contribution in [3.8, 4) is 5.75 Å². The van der Waals surface area contributed by atoms with Crippen molar-refractivity contribution in [2.45, 2.75) is 31.8 Å². The van der Waals surface area contributed by atoms with Gasteiger partial charge in [0.25, 0.3) is 0 Å². The molecule has 3 rings (SSSR count). The zero-order valence-electron chi connectivity index (χ0n) is 11.8. The van der Waals surface area contributed by atoms with Crippen molar-refractivity contribution < 1.29 is 9.84 Å². The van der Waals surface area contributed by atoms with E-state index in [4.69, 9.17) is 4.74 Å². The van der Waals surface area contributed by atoms with Crippen LogP contribution in [0, 0.1) is 0 Å². The molecule has 2 aromatic carbocycles. The van der Waals surface area contributed by atoms with Gasteiger partial charge in [0.2, 0.25) is 0 Å². The third-order valence-corrected chi connectivity index (χ3v) is 4.05. The van der Waals surface area contributed by atoms with Crippen LogP contribution in [-0.2, 0) is 6.42 Å². The van der Waals surface area contributed by atoms with E-state index in [2.05, 4.69) is 25.1 Å². The molecule has 0 fully saturated rings. The number of benzene rings is 2. The minimum absolute atomic E-state index is 0.323. The van der Waals surface area contributed by atoms with Crippen molar-refractivity contribution in [3.63, 3.8) is 0 Å². The van der Waals surface area contributed by atoms with E-state index in [9.17, 15) is 5.11 Å². The molecule has 2 nitrogen and oxygen atoms in total. The van der Waals surface area contributed by atoms with Crippen molar-refractivity contribution >= 4 is 0 Å². The highest BCUT2D eigenvalue weighted by atomic mass is 16.5. The van der Waals surface area contributed by atoms with Crippen molar-refractivity contribution in [1.82, 2.24) is 0 Å². The van der Waals surface area contributed by atoms with Gasteiger partial charge in [-0.15, -0.1) is 0 Å². The van der Waals surface area contributed by atoms with E-state index in [1.165, 1.54) is 11.1 Å². The molecule has 1 N–H and O–H groups in total. The zero-order chi connectivity index (χ0) is 13.9. The lowest BCUT2D eigenvalue weighted by Gasteiger charge is -2.19. The number of aliphatic hydroxyl groups excluding tert-OH is 1. The Morgan fingerprint density at radius 1 is 1.10 bits per heavy atom. The number of hydrogen-bond acceptors (Lipinski definition) is 2. The Morgan fingerprint density at radius 2 is 1.90 bits per heavy atom. The number of para-hydroxylation sites is 1. The summed E-state index contributed by atoms with van der Waals surface area (Å²) in [6.45, 7) is 2.88. The molecular formula is C18H20O2. The molecule has 0 aromatic heterocycles. The van der Waals surface area contributed by atoms with Gasteiger partial charge in [0.1, 0.15) is 5.75 Å². The lowest BCUT2D eigenvalue weighted by Crippen LogP contribution is -2.05. The van der Waals surface area contributed by atoms with Gasteiger partial charge in [-0.05, 0) is 23.5 Å². The minimum Gasteiger partial charge on any atom is -0.493 e. The van der Waals surface area contributed by atoms with Crippen molar-refractivity contribution in [3.05, 3.63) is 65.2 Å². The van der Waals surface area contributed by atoms with Crippen LogP contribution in [-0.4, -0.2) is 11.7 Å². The van der Waals surface area contributed by atoms with E-state index in [-0.39, 0.29) is 0 Å². The Morgan fingerprint density at radius 3 is 2.70 bits per heavy atom. The van der Waals surface area contributed by atoms with Gasteiger partial charge in [-0.25, -0.2) is 0 Å². The molecule has 0 saturated heterocycles. The maximum Gasteiger partial charge on any atom is 0.128 e. The first kappa shape index (κ1) is 13.2. The summed E-state index contributed by atoms with van der Waals surface area (Å²) >= 11 is 0. The van der Waals surface area contributed by atoms with Gasteiger partial charge in [-0.3, -0.25) is 0 Å². The molecule has 0 spiro atoms. The highest BCUT2D eigenvalue weighted by Crippen LogP contribution is 2.37. The van der Waals surface area contributed by atoms with Crippen LogP contribution < -0.4 is 4.74 Å². The molecule has 0 aliphatic carbocycles. The number of hydrogen-bond donors (Lipinski definition) is 1. The number of fused-ring (bicyclic) bond motifs is 1. The van der Waals surface area contributed by atoms with Crippen LogP contribution in [0.5, 0.6) is 5.75 Å². The van der Waals surface area contributed by atoms with Crippen LogP contribution in [0.2, 0.25) is 0 Å². The van der Waals surface area contributed by atoms with Gasteiger partial charge in [-0.1, -0.05) is 55.5 Å². The lowest BCUT2D eigenvalue weighted by atomic mass is 9.91. The van der Waals surface area contributed by atoms with E-state index in [1.807, 2.05) is 30.3 Å². The molecule has 1 aliphatic heterocycles. The minimum atomic E-state index is -0.474. The smallest absolute Gasteiger partial charge is 0.128 e. The van der Waals surface area contributed by atoms with Crippen LogP contribution in [0.3, 0.4) is 0 Å². The summed E-state index contributed by atoms with van der Waals surface area (Å²) in [5.74, 6) is 1.23. The van der Waals surface area contributed by atoms with Gasteiger partial charge < -0.3 is 9.84 Å². The van der Waals surface area contributed by atoms with Gasteiger partial charge >= 0.3 is 0 Å². The second kappa shape index (κ2) is 5.68. The third kappa shape index (κ3) is 2.56. The first-order valence-corrected chi connectivity index (χ1v) is 7.23. The number of rotatable bonds is 4. The van der Waals surface area contributed by atoms with Gasteiger partial charge in [0.05, 0.1) is 12.7 Å². The molecule has 1 aliphatic rings. The molecule has 104 valence electrons. The highest BCUT2D eigenvalue weighted by molar-refractivity contribution is 5.45. The molecule has 2 atom stereocenters. The number of ether oxygens (including phenoxy) is 1. The average molecular weight is 268 g/mol.